The lowest BCUT2D eigenvalue weighted by molar-refractivity contribution is 0.0802. The second-order valence-electron chi connectivity index (χ2n) is 14.1. The van der Waals surface area contributed by atoms with Crippen molar-refractivity contribution >= 4 is 47.1 Å². The molecule has 4 unspecified atom stereocenters. The fraction of sp³-hybridized carbons (Fsp3) is 0.333. The highest BCUT2D eigenvalue weighted by Gasteiger charge is 2.25. The molecule has 6 rings (SSSR count). The number of amides is 4. The summed E-state index contributed by atoms with van der Waals surface area (Å²) in [6, 6.07) is 29.3. The van der Waals surface area contributed by atoms with Gasteiger partial charge in [-0.05, 0) is 94.7 Å². The molecular formula is C42H46N10O12. The molecule has 0 saturated carbocycles. The lowest BCUT2D eigenvalue weighted by Gasteiger charge is -2.11. The average Bonchev–Trinajstić information content (AvgIpc) is 4.25. The normalized spacial score (nSPS) is 15.1. The topological polar surface area (TPSA) is 316 Å². The van der Waals surface area contributed by atoms with Gasteiger partial charge in [-0.25, -0.2) is 19.2 Å². The number of aliphatic hydroxyl groups is 2. The molecule has 0 bridgehead atoms. The van der Waals surface area contributed by atoms with Gasteiger partial charge in [0.15, 0.2) is 0 Å². The summed E-state index contributed by atoms with van der Waals surface area (Å²) < 4.78 is 29.8. The summed E-state index contributed by atoms with van der Waals surface area (Å²) in [7, 11) is 0. The number of nitrogens with zero attached hydrogens (tertiary/aromatic N) is 6. The highest BCUT2D eigenvalue weighted by Crippen LogP contribution is 2.19. The zero-order chi connectivity index (χ0) is 45.5. The first-order valence-corrected chi connectivity index (χ1v) is 19.8. The van der Waals surface area contributed by atoms with Crippen LogP contribution in [0.4, 0.5) is 41.9 Å². The molecule has 2 fully saturated rings. The smallest absolute Gasteiger partial charge is 0.411 e. The number of benzene rings is 4. The van der Waals surface area contributed by atoms with Crippen LogP contribution >= 0.6 is 0 Å². The van der Waals surface area contributed by atoms with Crippen molar-refractivity contribution in [3.63, 3.8) is 0 Å². The Bertz CT molecular complexity index is 2070. The Hall–Kier alpha value is -7.58. The van der Waals surface area contributed by atoms with Gasteiger partial charge in [-0.2, -0.15) is 0 Å². The lowest BCUT2D eigenvalue weighted by atomic mass is 10.0. The van der Waals surface area contributed by atoms with Crippen LogP contribution in [0, 0.1) is 0 Å². The number of anilines is 4. The fourth-order valence-electron chi connectivity index (χ4n) is 5.29. The van der Waals surface area contributed by atoms with Crippen LogP contribution in [0.1, 0.15) is 22.3 Å². The number of hydrogen-bond acceptors (Lipinski definition) is 14. The molecule has 0 aromatic heterocycles. The van der Waals surface area contributed by atoms with Gasteiger partial charge in [0, 0.05) is 32.6 Å². The van der Waals surface area contributed by atoms with Crippen molar-refractivity contribution in [2.75, 3.05) is 74.0 Å². The average molecular weight is 883 g/mol. The molecule has 0 spiro atoms. The Balaban J connectivity index is 0.000000244. The number of rotatable bonds is 20. The summed E-state index contributed by atoms with van der Waals surface area (Å²) in [6.07, 6.45) is -3.18. The molecule has 4 amide bonds. The van der Waals surface area contributed by atoms with E-state index in [9.17, 15) is 29.4 Å². The summed E-state index contributed by atoms with van der Waals surface area (Å²) in [5.41, 5.74) is 22.9. The Morgan fingerprint density at radius 1 is 0.531 bits per heavy atom. The van der Waals surface area contributed by atoms with Crippen LogP contribution in [0.3, 0.4) is 0 Å². The van der Waals surface area contributed by atoms with E-state index < -0.39 is 36.6 Å². The third-order valence-electron chi connectivity index (χ3n) is 8.75. The second-order valence-corrected chi connectivity index (χ2v) is 14.1. The van der Waals surface area contributed by atoms with Crippen LogP contribution in [0.5, 0.6) is 0 Å². The number of carbonyl (C=O) groups excluding carboxylic acids is 4. The number of ether oxygens (including phenoxy) is 6. The Labute approximate surface area is 366 Å². The van der Waals surface area contributed by atoms with Gasteiger partial charge in [-0.3, -0.25) is 21.3 Å². The summed E-state index contributed by atoms with van der Waals surface area (Å²) >= 11 is 0. The van der Waals surface area contributed by atoms with E-state index in [4.69, 9.17) is 39.5 Å². The number of epoxide rings is 2. The van der Waals surface area contributed by atoms with Gasteiger partial charge in [0.25, 0.3) is 0 Å². The van der Waals surface area contributed by atoms with E-state index >= 15 is 0 Å². The van der Waals surface area contributed by atoms with Crippen molar-refractivity contribution in [1.29, 1.82) is 0 Å². The predicted octanol–water partition coefficient (Wildman–Crippen LogP) is 6.89. The van der Waals surface area contributed by atoms with Crippen LogP contribution in [-0.2, 0) is 41.3 Å². The third-order valence-corrected chi connectivity index (χ3v) is 8.75. The van der Waals surface area contributed by atoms with Crippen LogP contribution in [0.15, 0.2) is 107 Å². The van der Waals surface area contributed by atoms with Gasteiger partial charge in [-0.15, -0.1) is 0 Å². The standard InChI is InChI=1S/C21H24N8O6.C21H22N2O6/c22-28-24-10-18(30)12-34-20(32)26-16-5-1-14(2-6-16)9-15-3-7-17(8-4-15)27-21(33)35-13-19(31)11-25-29-23;24-20(28-12-18-10-26-18)22-16-5-1-14(2-6-16)9-15-3-7-17(8-4-15)23-21(25)29-13-19-11-27-19/h1-8,18-19,30-31H,9-13H2,(H,26,32)(H,27,33);1-8,18-19H,9-13H2,(H,22,24)(H,23,25). The number of azide groups is 2. The van der Waals surface area contributed by atoms with Crippen molar-refractivity contribution in [2.24, 2.45) is 10.2 Å². The molecule has 2 aliphatic heterocycles. The molecule has 6 N–H and O–H groups in total. The molecule has 22 heteroatoms. The number of carbonyl (C=O) groups is 4. The van der Waals surface area contributed by atoms with E-state index in [-0.39, 0.29) is 51.7 Å². The maximum atomic E-state index is 11.8. The van der Waals surface area contributed by atoms with Crippen molar-refractivity contribution in [3.8, 4) is 0 Å². The van der Waals surface area contributed by atoms with Crippen LogP contribution in [0.2, 0.25) is 0 Å². The summed E-state index contributed by atoms with van der Waals surface area (Å²) in [5.74, 6) is 0. The molecule has 336 valence electrons. The maximum Gasteiger partial charge on any atom is 0.411 e. The van der Waals surface area contributed by atoms with E-state index in [1.54, 1.807) is 24.3 Å². The number of aliphatic hydroxyl groups excluding tert-OH is 2. The van der Waals surface area contributed by atoms with Gasteiger partial charge >= 0.3 is 24.4 Å². The van der Waals surface area contributed by atoms with Crippen molar-refractivity contribution in [2.45, 2.75) is 37.3 Å². The number of hydrogen-bond donors (Lipinski definition) is 6. The van der Waals surface area contributed by atoms with E-state index in [1.165, 1.54) is 0 Å². The second kappa shape index (κ2) is 25.4. The predicted molar refractivity (Wildman–Crippen MR) is 231 cm³/mol. The molecule has 2 heterocycles. The largest absolute Gasteiger partial charge is 0.447 e. The SMILES string of the molecule is O=C(Nc1ccc(Cc2ccc(NC(=O)OCC3CO3)cc2)cc1)OCC1CO1.[N-]=[N+]=NCC(O)COC(=O)Nc1ccc(Cc2ccc(NC(=O)OCC(O)CN=[N+]=[N-])cc2)cc1. The molecule has 0 radical (unpaired) electrons. The minimum atomic E-state index is -1.07. The molecule has 2 aliphatic rings. The third kappa shape index (κ3) is 19.0. The molecule has 4 aromatic carbocycles. The van der Waals surface area contributed by atoms with Crippen LogP contribution < -0.4 is 21.3 Å². The van der Waals surface area contributed by atoms with Gasteiger partial charge in [0.05, 0.1) is 38.5 Å². The van der Waals surface area contributed by atoms with E-state index in [0.29, 0.717) is 42.4 Å². The highest BCUT2D eigenvalue weighted by atomic mass is 16.6. The molecule has 4 aromatic rings. The Kier molecular flexibility index (Phi) is 18.8. The summed E-state index contributed by atoms with van der Waals surface area (Å²) in [5, 5.41) is 35.8. The Morgan fingerprint density at radius 3 is 1.05 bits per heavy atom. The first-order valence-electron chi connectivity index (χ1n) is 19.8. The van der Waals surface area contributed by atoms with Crippen molar-refractivity contribution < 1.29 is 57.8 Å². The van der Waals surface area contributed by atoms with Gasteiger partial charge in [0.2, 0.25) is 0 Å². The molecule has 0 aliphatic carbocycles. The number of nitrogens with one attached hydrogen (secondary N) is 4. The molecule has 4 atom stereocenters. The quantitative estimate of drug-likeness (QED) is 0.0174. The maximum absolute atomic E-state index is 11.8. The lowest BCUT2D eigenvalue weighted by Crippen LogP contribution is -2.23. The van der Waals surface area contributed by atoms with E-state index in [1.807, 2.05) is 72.8 Å². The molecular weight excluding hydrogens is 837 g/mol. The minimum absolute atomic E-state index is 0.0488. The Morgan fingerprint density at radius 2 is 0.797 bits per heavy atom. The monoisotopic (exact) mass is 882 g/mol. The zero-order valence-electron chi connectivity index (χ0n) is 34.3. The van der Waals surface area contributed by atoms with Crippen molar-refractivity contribution in [3.05, 3.63) is 140 Å². The van der Waals surface area contributed by atoms with Crippen LogP contribution in [-0.4, -0.2) is 112 Å². The molecule has 64 heavy (non-hydrogen) atoms. The van der Waals surface area contributed by atoms with Gasteiger partial charge in [0.1, 0.15) is 38.6 Å². The summed E-state index contributed by atoms with van der Waals surface area (Å²) in [4.78, 5) is 51.9. The molecule has 2 saturated heterocycles. The van der Waals surface area contributed by atoms with Gasteiger partial charge < -0.3 is 38.6 Å². The van der Waals surface area contributed by atoms with Gasteiger partial charge in [-0.1, -0.05) is 58.8 Å². The van der Waals surface area contributed by atoms with Crippen molar-refractivity contribution in [1.82, 2.24) is 0 Å². The fourth-order valence-corrected chi connectivity index (χ4v) is 5.29. The zero-order valence-corrected chi connectivity index (χ0v) is 34.3. The first kappa shape index (κ1) is 47.5. The van der Waals surface area contributed by atoms with Crippen LogP contribution in [0.25, 0.3) is 20.9 Å². The summed E-state index contributed by atoms with van der Waals surface area (Å²) in [6.45, 7) is 0.879. The molecule has 22 nitrogen and oxygen atoms in total. The van der Waals surface area contributed by atoms with E-state index in [2.05, 4.69) is 41.3 Å². The highest BCUT2D eigenvalue weighted by molar-refractivity contribution is 5.86. The first-order chi connectivity index (χ1) is 31.0. The van der Waals surface area contributed by atoms with E-state index in [0.717, 1.165) is 28.7 Å². The minimum Gasteiger partial charge on any atom is -0.447 e.